The largest absolute Gasteiger partial charge is 0.464 e. The van der Waals surface area contributed by atoms with Gasteiger partial charge in [0.2, 0.25) is 5.60 Å². The molecule has 0 radical (unpaired) electrons. The maximum absolute atomic E-state index is 11.8. The lowest BCUT2D eigenvalue weighted by atomic mass is 9.98. The lowest BCUT2D eigenvalue weighted by Crippen LogP contribution is -2.39. The molecule has 94 valence electrons. The first-order chi connectivity index (χ1) is 7.90. The van der Waals surface area contributed by atoms with Gasteiger partial charge in [-0.15, -0.1) is 11.3 Å². The number of thiazole rings is 1. The molecule has 0 spiro atoms. The van der Waals surface area contributed by atoms with E-state index in [0.29, 0.717) is 5.69 Å². The van der Waals surface area contributed by atoms with Crippen LogP contribution in [-0.2, 0) is 19.9 Å². The minimum atomic E-state index is -1.96. The van der Waals surface area contributed by atoms with E-state index in [0.717, 1.165) is 11.3 Å². The van der Waals surface area contributed by atoms with E-state index in [2.05, 4.69) is 4.98 Å². The van der Waals surface area contributed by atoms with Crippen molar-refractivity contribution < 1.29 is 19.4 Å². The summed E-state index contributed by atoms with van der Waals surface area (Å²) in [4.78, 5) is 27.0. The molecular weight excluding hydrogens is 242 g/mol. The van der Waals surface area contributed by atoms with Crippen LogP contribution in [0.3, 0.4) is 0 Å². The Morgan fingerprint density at radius 1 is 1.59 bits per heavy atom. The number of esters is 1. The molecule has 6 heteroatoms. The lowest BCUT2D eigenvalue weighted by molar-refractivity contribution is -0.168. The second-order valence-corrected chi connectivity index (χ2v) is 4.61. The van der Waals surface area contributed by atoms with E-state index in [1.54, 1.807) is 19.2 Å². The smallest absolute Gasteiger partial charge is 0.345 e. The highest BCUT2D eigenvalue weighted by molar-refractivity contribution is 7.10. The second kappa shape index (κ2) is 5.37. The zero-order valence-electron chi connectivity index (χ0n) is 10.0. The summed E-state index contributed by atoms with van der Waals surface area (Å²) in [5.74, 6) is -1.13. The van der Waals surface area contributed by atoms with Gasteiger partial charge >= 0.3 is 5.97 Å². The third-order valence-electron chi connectivity index (χ3n) is 2.09. The molecule has 1 rings (SSSR count). The minimum absolute atomic E-state index is 0.142. The van der Waals surface area contributed by atoms with E-state index in [1.807, 2.05) is 0 Å². The molecule has 17 heavy (non-hydrogen) atoms. The number of hydrogen-bond donors (Lipinski definition) is 1. The van der Waals surface area contributed by atoms with Gasteiger partial charge in [0.1, 0.15) is 10.8 Å². The number of carbonyl (C=O) groups is 2. The highest BCUT2D eigenvalue weighted by Crippen LogP contribution is 2.29. The first kappa shape index (κ1) is 13.8. The van der Waals surface area contributed by atoms with Crippen LogP contribution in [0.15, 0.2) is 5.38 Å². The quantitative estimate of drug-likeness (QED) is 0.801. The summed E-state index contributed by atoms with van der Waals surface area (Å²) in [6.45, 7) is 4.84. The van der Waals surface area contributed by atoms with Gasteiger partial charge in [-0.25, -0.2) is 9.78 Å². The van der Waals surface area contributed by atoms with Crippen molar-refractivity contribution in [2.24, 2.45) is 0 Å². The van der Waals surface area contributed by atoms with Crippen LogP contribution in [0.5, 0.6) is 0 Å². The highest BCUT2D eigenvalue weighted by Gasteiger charge is 2.43. The van der Waals surface area contributed by atoms with Crippen molar-refractivity contribution >= 4 is 23.1 Å². The maximum atomic E-state index is 11.8. The number of carbonyl (C=O) groups excluding carboxylic acids is 2. The molecule has 1 heterocycles. The number of aryl methyl sites for hydroxylation is 1. The fraction of sp³-hybridized carbons (Fsp3) is 0.545. The molecule has 5 nitrogen and oxygen atoms in total. The fourth-order valence-electron chi connectivity index (χ4n) is 1.39. The summed E-state index contributed by atoms with van der Waals surface area (Å²) in [5, 5.41) is 12.2. The van der Waals surface area contributed by atoms with Gasteiger partial charge in [0.25, 0.3) is 0 Å². The predicted octanol–water partition coefficient (Wildman–Crippen LogP) is 1.18. The number of nitrogens with zero attached hydrogens (tertiary/aromatic N) is 1. The van der Waals surface area contributed by atoms with Gasteiger partial charge < -0.3 is 9.84 Å². The van der Waals surface area contributed by atoms with Crippen molar-refractivity contribution in [1.29, 1.82) is 0 Å². The highest BCUT2D eigenvalue weighted by atomic mass is 32.1. The van der Waals surface area contributed by atoms with Crippen LogP contribution in [0.1, 0.15) is 31.0 Å². The van der Waals surface area contributed by atoms with Crippen molar-refractivity contribution in [3.8, 4) is 0 Å². The number of Topliss-reactive ketones (excluding diaryl/α,β-unsaturated/α-hetero) is 1. The molecular formula is C11H15NO4S. The van der Waals surface area contributed by atoms with Gasteiger partial charge in [-0.2, -0.15) is 0 Å². The number of ether oxygens (including phenoxy) is 1. The Kier molecular flexibility index (Phi) is 4.36. The average Bonchev–Trinajstić information content (AvgIpc) is 2.64. The third-order valence-corrected chi connectivity index (χ3v) is 3.20. The number of aromatic nitrogens is 1. The average molecular weight is 257 g/mol. The zero-order chi connectivity index (χ0) is 13.1. The standard InChI is InChI=1S/C11H15NO4S/c1-4-16-10(14)11(15,5-8(3)13)9-12-7(2)6-17-9/h6,15H,4-5H2,1-3H3. The molecule has 0 saturated heterocycles. The van der Waals surface area contributed by atoms with E-state index in [4.69, 9.17) is 4.74 Å². The van der Waals surface area contributed by atoms with Gasteiger partial charge in [-0.05, 0) is 20.8 Å². The number of aliphatic hydroxyl groups is 1. The molecule has 1 N–H and O–H groups in total. The first-order valence-corrected chi connectivity index (χ1v) is 6.09. The monoisotopic (exact) mass is 257 g/mol. The first-order valence-electron chi connectivity index (χ1n) is 5.21. The molecule has 1 unspecified atom stereocenters. The molecule has 1 aromatic heterocycles. The normalized spacial score (nSPS) is 14.1. The Morgan fingerprint density at radius 3 is 2.65 bits per heavy atom. The van der Waals surface area contributed by atoms with Crippen LogP contribution >= 0.6 is 11.3 Å². The molecule has 0 aliphatic rings. The van der Waals surface area contributed by atoms with Crippen LogP contribution < -0.4 is 0 Å². The van der Waals surface area contributed by atoms with Crippen molar-refractivity contribution in [3.63, 3.8) is 0 Å². The number of ketones is 1. The van der Waals surface area contributed by atoms with Gasteiger partial charge in [-0.1, -0.05) is 0 Å². The lowest BCUT2D eigenvalue weighted by Gasteiger charge is -2.22. The topological polar surface area (TPSA) is 76.5 Å². The zero-order valence-corrected chi connectivity index (χ0v) is 10.8. The van der Waals surface area contributed by atoms with Crippen molar-refractivity contribution in [2.45, 2.75) is 32.8 Å². The Bertz CT molecular complexity index is 429. The summed E-state index contributed by atoms with van der Waals surface area (Å²) in [6, 6.07) is 0. The second-order valence-electron chi connectivity index (χ2n) is 3.75. The van der Waals surface area contributed by atoms with Crippen molar-refractivity contribution in [1.82, 2.24) is 4.98 Å². The van der Waals surface area contributed by atoms with Gasteiger partial charge in [0, 0.05) is 11.1 Å². The molecule has 0 aliphatic carbocycles. The molecule has 0 aromatic carbocycles. The fourth-order valence-corrected chi connectivity index (χ4v) is 2.27. The van der Waals surface area contributed by atoms with E-state index >= 15 is 0 Å². The van der Waals surface area contributed by atoms with Crippen molar-refractivity contribution in [3.05, 3.63) is 16.1 Å². The molecule has 1 atom stereocenters. The van der Waals surface area contributed by atoms with Crippen LogP contribution in [0, 0.1) is 6.92 Å². The summed E-state index contributed by atoms with van der Waals surface area (Å²) in [6.07, 6.45) is -0.321. The maximum Gasteiger partial charge on any atom is 0.345 e. The Morgan fingerprint density at radius 2 is 2.24 bits per heavy atom. The van der Waals surface area contributed by atoms with Gasteiger partial charge in [0.05, 0.1) is 13.0 Å². The molecule has 0 amide bonds. The van der Waals surface area contributed by atoms with Crippen LogP contribution in [0.4, 0.5) is 0 Å². The van der Waals surface area contributed by atoms with E-state index in [-0.39, 0.29) is 23.8 Å². The van der Waals surface area contributed by atoms with Gasteiger partial charge in [0.15, 0.2) is 0 Å². The Hall–Kier alpha value is -1.27. The summed E-state index contributed by atoms with van der Waals surface area (Å²) in [7, 11) is 0. The van der Waals surface area contributed by atoms with Crippen molar-refractivity contribution in [2.75, 3.05) is 6.61 Å². The molecule has 0 bridgehead atoms. The van der Waals surface area contributed by atoms with Gasteiger partial charge in [-0.3, -0.25) is 4.79 Å². The Balaban J connectivity index is 3.09. The van der Waals surface area contributed by atoms with E-state index in [1.165, 1.54) is 6.92 Å². The summed E-state index contributed by atoms with van der Waals surface area (Å²) in [5.41, 5.74) is -1.27. The Labute approximate surface area is 103 Å². The SMILES string of the molecule is CCOC(=O)C(O)(CC(C)=O)c1nc(C)cs1. The molecule has 0 saturated carbocycles. The number of hydrogen-bond acceptors (Lipinski definition) is 6. The van der Waals surface area contributed by atoms with E-state index < -0.39 is 11.6 Å². The summed E-state index contributed by atoms with van der Waals surface area (Å²) < 4.78 is 4.80. The van der Waals surface area contributed by atoms with Crippen LogP contribution in [0.25, 0.3) is 0 Å². The molecule has 0 fully saturated rings. The van der Waals surface area contributed by atoms with Crippen LogP contribution in [-0.4, -0.2) is 28.4 Å². The number of rotatable bonds is 5. The predicted molar refractivity (Wildman–Crippen MR) is 62.7 cm³/mol. The molecule has 0 aliphatic heterocycles. The van der Waals surface area contributed by atoms with Crippen LogP contribution in [0.2, 0.25) is 0 Å². The molecule has 1 aromatic rings. The minimum Gasteiger partial charge on any atom is -0.464 e. The van der Waals surface area contributed by atoms with E-state index in [9.17, 15) is 14.7 Å². The summed E-state index contributed by atoms with van der Waals surface area (Å²) >= 11 is 1.14. The third kappa shape index (κ3) is 3.10.